The van der Waals surface area contributed by atoms with Crippen molar-refractivity contribution in [3.63, 3.8) is 0 Å². The summed E-state index contributed by atoms with van der Waals surface area (Å²) in [6.45, 7) is 2.29. The zero-order valence-electron chi connectivity index (χ0n) is 23.5. The van der Waals surface area contributed by atoms with Gasteiger partial charge in [-0.1, -0.05) is 116 Å². The fraction of sp³-hybridized carbons (Fsp3) is 1.00. The molecule has 1 aliphatic heterocycles. The van der Waals surface area contributed by atoms with Gasteiger partial charge in [0.05, 0.1) is 19.8 Å². The summed E-state index contributed by atoms with van der Waals surface area (Å²) in [5, 5.41) is 48.7. The van der Waals surface area contributed by atoms with E-state index in [1.165, 1.54) is 103 Å². The predicted molar refractivity (Wildman–Crippen MR) is 145 cm³/mol. The largest absolute Gasteiger partial charge is 0.394 e. The van der Waals surface area contributed by atoms with Gasteiger partial charge in [-0.25, -0.2) is 0 Å². The summed E-state index contributed by atoms with van der Waals surface area (Å²) in [5.41, 5.74) is 0. The second-order valence-electron chi connectivity index (χ2n) is 10.8. The van der Waals surface area contributed by atoms with Crippen molar-refractivity contribution >= 4 is 0 Å². The Balaban J connectivity index is 1.83. The van der Waals surface area contributed by atoms with Gasteiger partial charge in [0.2, 0.25) is 0 Å². The average Bonchev–Trinajstić information content (AvgIpc) is 2.90. The van der Waals surface area contributed by atoms with Gasteiger partial charge in [0.15, 0.2) is 6.29 Å². The van der Waals surface area contributed by atoms with Gasteiger partial charge in [-0.3, -0.25) is 0 Å². The van der Waals surface area contributed by atoms with Crippen LogP contribution in [0.5, 0.6) is 0 Å². The van der Waals surface area contributed by atoms with Gasteiger partial charge >= 0.3 is 0 Å². The van der Waals surface area contributed by atoms with E-state index < -0.39 is 43.4 Å². The third kappa shape index (κ3) is 17.1. The van der Waals surface area contributed by atoms with Crippen LogP contribution in [0.2, 0.25) is 0 Å². The maximum absolute atomic E-state index is 10.0. The Labute approximate surface area is 225 Å². The van der Waals surface area contributed by atoms with E-state index in [9.17, 15) is 25.5 Å². The molecular weight excluding hydrogens is 476 g/mol. The van der Waals surface area contributed by atoms with Crippen molar-refractivity contribution in [3.05, 3.63) is 0 Å². The fourth-order valence-electron chi connectivity index (χ4n) is 4.78. The van der Waals surface area contributed by atoms with Crippen LogP contribution >= 0.6 is 0 Å². The summed E-state index contributed by atoms with van der Waals surface area (Å²) in [6.07, 6.45) is 16.5. The van der Waals surface area contributed by atoms with E-state index in [0.29, 0.717) is 6.61 Å². The number of aliphatic hydroxyl groups is 5. The molecule has 37 heavy (non-hydrogen) atoms. The van der Waals surface area contributed by atoms with Crippen LogP contribution in [-0.4, -0.2) is 88.8 Å². The van der Waals surface area contributed by atoms with E-state index in [1.54, 1.807) is 0 Å². The second-order valence-corrected chi connectivity index (χ2v) is 10.8. The van der Waals surface area contributed by atoms with Gasteiger partial charge in [0.1, 0.15) is 30.5 Å². The minimum Gasteiger partial charge on any atom is -0.394 e. The van der Waals surface area contributed by atoms with Crippen molar-refractivity contribution < 1.29 is 39.7 Å². The first-order valence-electron chi connectivity index (χ1n) is 15.2. The summed E-state index contributed by atoms with van der Waals surface area (Å²) in [4.78, 5) is 0. The molecule has 0 aromatic carbocycles. The molecule has 0 spiro atoms. The van der Waals surface area contributed by atoms with E-state index in [-0.39, 0.29) is 13.2 Å². The lowest BCUT2D eigenvalue weighted by Gasteiger charge is -2.39. The Kier molecular flexibility index (Phi) is 22.1. The molecule has 1 aliphatic rings. The highest BCUT2D eigenvalue weighted by molar-refractivity contribution is 4.88. The van der Waals surface area contributed by atoms with E-state index in [1.807, 2.05) is 0 Å². The average molecular weight is 535 g/mol. The lowest BCUT2D eigenvalue weighted by molar-refractivity contribution is -0.305. The molecular formula is C29H58O8. The Morgan fingerprint density at radius 1 is 0.622 bits per heavy atom. The van der Waals surface area contributed by atoms with Crippen molar-refractivity contribution in [2.75, 3.05) is 26.4 Å². The molecule has 0 aliphatic carbocycles. The third-order valence-corrected chi connectivity index (χ3v) is 7.25. The fourth-order valence-corrected chi connectivity index (χ4v) is 4.78. The zero-order valence-corrected chi connectivity index (χ0v) is 23.5. The SMILES string of the molecule is CCCCCCCCCCCCCCCCCCCCOCC(O)CO[C@H]1O[C@H](CO)[C@H](O)[C@H](O)[C@H]1O. The highest BCUT2D eigenvalue weighted by Crippen LogP contribution is 2.22. The molecule has 1 fully saturated rings. The molecule has 1 heterocycles. The van der Waals surface area contributed by atoms with Crippen LogP contribution in [0.1, 0.15) is 122 Å². The summed E-state index contributed by atoms with van der Waals surface area (Å²) in [5.74, 6) is 0. The molecule has 0 saturated carbocycles. The summed E-state index contributed by atoms with van der Waals surface area (Å²) in [6, 6.07) is 0. The molecule has 0 aromatic heterocycles. The Bertz CT molecular complexity index is 493. The van der Waals surface area contributed by atoms with Gasteiger partial charge < -0.3 is 39.7 Å². The van der Waals surface area contributed by atoms with E-state index >= 15 is 0 Å². The van der Waals surface area contributed by atoms with Gasteiger partial charge in [-0.15, -0.1) is 0 Å². The van der Waals surface area contributed by atoms with Crippen LogP contribution in [0, 0.1) is 0 Å². The minimum absolute atomic E-state index is 0.108. The van der Waals surface area contributed by atoms with Crippen LogP contribution in [0.15, 0.2) is 0 Å². The molecule has 1 rings (SSSR count). The van der Waals surface area contributed by atoms with Crippen LogP contribution < -0.4 is 0 Å². The van der Waals surface area contributed by atoms with Crippen LogP contribution in [-0.2, 0) is 14.2 Å². The van der Waals surface area contributed by atoms with Gasteiger partial charge in [-0.2, -0.15) is 0 Å². The lowest BCUT2D eigenvalue weighted by Crippen LogP contribution is -2.59. The molecule has 0 aromatic rings. The molecule has 0 radical (unpaired) electrons. The molecule has 0 bridgehead atoms. The van der Waals surface area contributed by atoms with E-state index in [2.05, 4.69) is 6.92 Å². The molecule has 5 N–H and O–H groups in total. The number of hydrogen-bond acceptors (Lipinski definition) is 8. The highest BCUT2D eigenvalue weighted by Gasteiger charge is 2.44. The standard InChI is InChI=1S/C29H58O8/c1-2-3-4-5-6-7-8-9-10-11-12-13-14-15-16-17-18-19-20-35-22-24(31)23-36-29-28(34)27(33)26(32)25(21-30)37-29/h24-34H,2-23H2,1H3/t24?,25-,26+,27+,28-,29+/m1/s1. The van der Waals surface area contributed by atoms with E-state index in [4.69, 9.17) is 14.2 Å². The van der Waals surface area contributed by atoms with Gasteiger partial charge in [0, 0.05) is 6.61 Å². The number of hydrogen-bond donors (Lipinski definition) is 5. The Morgan fingerprint density at radius 2 is 1.08 bits per heavy atom. The molecule has 8 heteroatoms. The Hall–Kier alpha value is -0.320. The van der Waals surface area contributed by atoms with Crippen molar-refractivity contribution in [3.8, 4) is 0 Å². The number of unbranched alkanes of at least 4 members (excludes halogenated alkanes) is 17. The lowest BCUT2D eigenvalue weighted by atomic mass is 9.99. The van der Waals surface area contributed by atoms with Crippen LogP contribution in [0.3, 0.4) is 0 Å². The number of aliphatic hydroxyl groups excluding tert-OH is 5. The van der Waals surface area contributed by atoms with E-state index in [0.717, 1.165) is 12.8 Å². The molecule has 1 unspecified atom stereocenters. The third-order valence-electron chi connectivity index (χ3n) is 7.25. The summed E-state index contributed by atoms with van der Waals surface area (Å²) in [7, 11) is 0. The smallest absolute Gasteiger partial charge is 0.186 e. The zero-order chi connectivity index (χ0) is 27.1. The highest BCUT2D eigenvalue weighted by atomic mass is 16.7. The van der Waals surface area contributed by atoms with Crippen molar-refractivity contribution in [1.29, 1.82) is 0 Å². The minimum atomic E-state index is -1.49. The summed E-state index contributed by atoms with van der Waals surface area (Å²) >= 11 is 0. The van der Waals surface area contributed by atoms with Crippen LogP contribution in [0.4, 0.5) is 0 Å². The van der Waals surface area contributed by atoms with Crippen molar-refractivity contribution in [2.45, 2.75) is 159 Å². The van der Waals surface area contributed by atoms with Gasteiger partial charge in [0.25, 0.3) is 0 Å². The molecule has 0 amide bonds. The number of ether oxygens (including phenoxy) is 3. The maximum atomic E-state index is 10.0. The molecule has 1 saturated heterocycles. The topological polar surface area (TPSA) is 129 Å². The van der Waals surface area contributed by atoms with Gasteiger partial charge in [-0.05, 0) is 6.42 Å². The first-order valence-corrected chi connectivity index (χ1v) is 15.2. The predicted octanol–water partition coefficient (Wildman–Crippen LogP) is 4.22. The first-order chi connectivity index (χ1) is 18.0. The molecule has 222 valence electrons. The maximum Gasteiger partial charge on any atom is 0.186 e. The Morgan fingerprint density at radius 3 is 1.54 bits per heavy atom. The first kappa shape index (κ1) is 34.7. The van der Waals surface area contributed by atoms with Crippen molar-refractivity contribution in [2.24, 2.45) is 0 Å². The normalized spacial score (nSPS) is 25.0. The number of rotatable bonds is 25. The molecule has 6 atom stereocenters. The molecule has 8 nitrogen and oxygen atoms in total. The van der Waals surface area contributed by atoms with Crippen molar-refractivity contribution in [1.82, 2.24) is 0 Å². The second kappa shape index (κ2) is 23.6. The quantitative estimate of drug-likeness (QED) is 0.110. The van der Waals surface area contributed by atoms with Crippen LogP contribution in [0.25, 0.3) is 0 Å². The summed E-state index contributed by atoms with van der Waals surface area (Å²) < 4.78 is 16.1. The monoisotopic (exact) mass is 534 g/mol.